The molecule has 0 N–H and O–H groups in total. The molecule has 0 unspecified atom stereocenters. The Kier molecular flexibility index (Phi) is 14.0. The first kappa shape index (κ1) is 24.8. The summed E-state index contributed by atoms with van der Waals surface area (Å²) in [6.07, 6.45) is 10.9. The van der Waals surface area contributed by atoms with E-state index in [0.29, 0.717) is 0 Å². The molecule has 0 heterocycles. The van der Waals surface area contributed by atoms with Gasteiger partial charge in [-0.25, -0.2) is 12.1 Å². The molecule has 0 amide bonds. The average molecular weight is 577 g/mol. The van der Waals surface area contributed by atoms with Crippen LogP contribution >= 0.6 is 24.4 Å². The first-order valence-corrected chi connectivity index (χ1v) is 23.3. The third kappa shape index (κ3) is 9.30. The molecular formula is C22H33Br2SiZr. The zero-order chi connectivity index (χ0) is 19.4. The topological polar surface area (TPSA) is 0 Å². The zero-order valence-electron chi connectivity index (χ0n) is 16.8. The Morgan fingerprint density at radius 2 is 1.08 bits per heavy atom. The van der Waals surface area contributed by atoms with Crippen LogP contribution < -0.4 is 0 Å². The van der Waals surface area contributed by atoms with Crippen LogP contribution in [0, 0.1) is 13.8 Å². The molecule has 4 rings (SSSR count). The Labute approximate surface area is 187 Å². The molecule has 4 heteroatoms. The number of hydrogen-bond acceptors (Lipinski definition) is 0. The standard InChI is InChI=1S/2C10H13.C2H7Si.2BrH.Zr/c2*1-8-6-9-4-2-3-5-10(9)7-8;1-3-2;;;/h2*6-7H,2-5H2,1H3;3H,1-2H3;2*1H;/q2*-1;;;;+4/p-2. The summed E-state index contributed by atoms with van der Waals surface area (Å²) in [5.41, 5.74) is 9.36. The van der Waals surface area contributed by atoms with Gasteiger partial charge in [-0.1, -0.05) is 78.3 Å². The number of aryl methyl sites for hydroxylation is 6. The summed E-state index contributed by atoms with van der Waals surface area (Å²) in [5, 5.41) is 0. The van der Waals surface area contributed by atoms with Gasteiger partial charge >= 0.3 is 43.0 Å². The molecule has 26 heavy (non-hydrogen) atoms. The molecule has 0 aromatic heterocycles. The van der Waals surface area contributed by atoms with Crippen molar-refractivity contribution in [1.82, 2.24) is 0 Å². The first-order valence-electron chi connectivity index (χ1n) is 9.76. The minimum absolute atomic E-state index is 0.145. The Morgan fingerprint density at radius 3 is 1.38 bits per heavy atom. The fourth-order valence-corrected chi connectivity index (χ4v) is 3.75. The predicted molar refractivity (Wildman–Crippen MR) is 124 cm³/mol. The molecule has 1 radical (unpaired) electrons. The number of hydrogen-bond donors (Lipinski definition) is 0. The molecule has 2 aliphatic carbocycles. The summed E-state index contributed by atoms with van der Waals surface area (Å²) in [6, 6.07) is 9.37. The van der Waals surface area contributed by atoms with E-state index in [9.17, 15) is 0 Å². The molecule has 0 spiro atoms. The van der Waals surface area contributed by atoms with Crippen molar-refractivity contribution < 1.29 is 18.5 Å². The van der Waals surface area contributed by atoms with E-state index in [0.717, 1.165) is 9.52 Å². The van der Waals surface area contributed by atoms with Gasteiger partial charge in [0.15, 0.2) is 0 Å². The van der Waals surface area contributed by atoms with Crippen molar-refractivity contribution in [2.24, 2.45) is 0 Å². The van der Waals surface area contributed by atoms with Crippen molar-refractivity contribution in [2.45, 2.75) is 78.3 Å². The Bertz CT molecular complexity index is 514. The van der Waals surface area contributed by atoms with E-state index < -0.39 is 0 Å². The average Bonchev–Trinajstić information content (AvgIpc) is 3.17. The number of rotatable bonds is 0. The van der Waals surface area contributed by atoms with E-state index in [2.05, 4.69) is 75.6 Å². The molecule has 0 nitrogen and oxygen atoms in total. The normalized spacial score (nSPS) is 14.1. The van der Waals surface area contributed by atoms with Gasteiger partial charge in [0, 0.05) is 9.52 Å². The monoisotopic (exact) mass is 573 g/mol. The van der Waals surface area contributed by atoms with Gasteiger partial charge in [0.1, 0.15) is 0 Å². The summed E-state index contributed by atoms with van der Waals surface area (Å²) in [6.45, 7) is 8.80. The molecule has 2 aliphatic rings. The van der Waals surface area contributed by atoms with Crippen molar-refractivity contribution in [1.29, 1.82) is 0 Å². The van der Waals surface area contributed by atoms with Gasteiger partial charge in [-0.3, -0.25) is 0 Å². The Balaban J connectivity index is 0.000000201. The Hall–Kier alpha value is 0.760. The molecular weight excluding hydrogens is 543 g/mol. The van der Waals surface area contributed by atoms with E-state index in [1.54, 1.807) is 22.3 Å². The molecule has 2 aromatic rings. The van der Waals surface area contributed by atoms with Gasteiger partial charge in [-0.15, -0.1) is 0 Å². The van der Waals surface area contributed by atoms with E-state index in [1.807, 2.05) is 0 Å². The van der Waals surface area contributed by atoms with Gasteiger partial charge in [-0.05, 0) is 0 Å². The van der Waals surface area contributed by atoms with Crippen LogP contribution in [-0.4, -0.2) is 9.52 Å². The second kappa shape index (κ2) is 14.7. The van der Waals surface area contributed by atoms with Gasteiger partial charge in [0.05, 0.1) is 0 Å². The van der Waals surface area contributed by atoms with Gasteiger partial charge in [0.25, 0.3) is 0 Å². The molecule has 2 aromatic carbocycles. The second-order valence-corrected chi connectivity index (χ2v) is 19.7. The summed E-state index contributed by atoms with van der Waals surface area (Å²) in [4.78, 5) is 0. The van der Waals surface area contributed by atoms with Crippen LogP contribution in [0.1, 0.15) is 59.1 Å². The summed E-state index contributed by atoms with van der Waals surface area (Å²) in [5.74, 6) is 0. The maximum absolute atomic E-state index is 3.23. The van der Waals surface area contributed by atoms with Crippen molar-refractivity contribution in [3.05, 3.63) is 57.6 Å². The van der Waals surface area contributed by atoms with Crippen LogP contribution in [-0.2, 0) is 44.2 Å². The van der Waals surface area contributed by atoms with Gasteiger partial charge < -0.3 is 0 Å². The first-order chi connectivity index (χ1) is 12.5. The van der Waals surface area contributed by atoms with Crippen molar-refractivity contribution in [3.63, 3.8) is 0 Å². The van der Waals surface area contributed by atoms with Gasteiger partial charge in [0.2, 0.25) is 0 Å². The summed E-state index contributed by atoms with van der Waals surface area (Å²) in [7, 11) is 0.750. The SMILES string of the molecule is C[SiH]C.Cc1cc2c([cH-]1)CCCC2.Cc1cc2c([cH-]1)CCCC2.[Br][Zr+2][Br]. The molecule has 0 aliphatic heterocycles. The zero-order valence-corrected chi connectivity index (χ0v) is 23.6. The van der Waals surface area contributed by atoms with Crippen LogP contribution in [0.3, 0.4) is 0 Å². The number of halogens is 2. The van der Waals surface area contributed by atoms with Crippen molar-refractivity contribution >= 4 is 34.0 Å². The van der Waals surface area contributed by atoms with Crippen molar-refractivity contribution in [3.8, 4) is 0 Å². The molecule has 0 saturated heterocycles. The fourth-order valence-electron chi connectivity index (χ4n) is 3.75. The van der Waals surface area contributed by atoms with Crippen LogP contribution in [0.5, 0.6) is 0 Å². The third-order valence-electron chi connectivity index (χ3n) is 4.72. The fraction of sp³-hybridized carbons (Fsp3) is 0.545. The van der Waals surface area contributed by atoms with Crippen LogP contribution in [0.25, 0.3) is 0 Å². The number of fused-ring (bicyclic) bond motifs is 2. The van der Waals surface area contributed by atoms with E-state index >= 15 is 0 Å². The molecule has 0 saturated carbocycles. The predicted octanol–water partition coefficient (Wildman–Crippen LogP) is 7.39. The van der Waals surface area contributed by atoms with Crippen LogP contribution in [0.4, 0.5) is 0 Å². The van der Waals surface area contributed by atoms with Gasteiger partial charge in [-0.2, -0.15) is 45.5 Å². The molecule has 0 bridgehead atoms. The summed E-state index contributed by atoms with van der Waals surface area (Å²) < 4.78 is 0. The summed E-state index contributed by atoms with van der Waals surface area (Å²) >= 11 is 6.32. The Morgan fingerprint density at radius 1 is 0.769 bits per heavy atom. The third-order valence-corrected chi connectivity index (χ3v) is 4.72. The second-order valence-electron chi connectivity index (χ2n) is 7.23. The van der Waals surface area contributed by atoms with Crippen molar-refractivity contribution in [2.75, 3.05) is 0 Å². The maximum atomic E-state index is 3.23. The van der Waals surface area contributed by atoms with Crippen LogP contribution in [0.2, 0.25) is 13.1 Å². The molecule has 143 valence electrons. The molecule has 0 fully saturated rings. The molecule has 0 atom stereocenters. The van der Waals surface area contributed by atoms with Crippen LogP contribution in [0.15, 0.2) is 24.3 Å². The minimum atomic E-state index is -0.145. The van der Waals surface area contributed by atoms with E-state index in [1.165, 1.54) is 62.5 Å². The van der Waals surface area contributed by atoms with E-state index in [4.69, 9.17) is 0 Å². The van der Waals surface area contributed by atoms with E-state index in [-0.39, 0.29) is 18.5 Å². The quantitative estimate of drug-likeness (QED) is 0.227.